The number of hydrogen-bond acceptors (Lipinski definition) is 3. The van der Waals surface area contributed by atoms with Crippen LogP contribution in [0.5, 0.6) is 0 Å². The normalized spacial score (nSPS) is 22.2. The highest BCUT2D eigenvalue weighted by molar-refractivity contribution is 7.89. The van der Waals surface area contributed by atoms with Crippen molar-refractivity contribution >= 4 is 26.7 Å². The van der Waals surface area contributed by atoms with E-state index < -0.39 is 10.0 Å². The highest BCUT2D eigenvalue weighted by Gasteiger charge is 2.46. The molecule has 5 nitrogen and oxygen atoms in total. The fourth-order valence-electron chi connectivity index (χ4n) is 4.40. The van der Waals surface area contributed by atoms with Crippen LogP contribution < -0.4 is 0 Å². The summed E-state index contributed by atoms with van der Waals surface area (Å²) in [6.45, 7) is 1.57. The molecule has 154 valence electrons. The zero-order chi connectivity index (χ0) is 20.7. The first-order valence-corrected chi connectivity index (χ1v) is 11.8. The molecule has 0 spiro atoms. The predicted molar refractivity (Wildman–Crippen MR) is 117 cm³/mol. The Morgan fingerprint density at radius 3 is 2.20 bits per heavy atom. The molecule has 6 heteroatoms. The Bertz CT molecular complexity index is 1190. The lowest BCUT2D eigenvalue weighted by Crippen LogP contribution is -2.51. The molecular formula is C24H24N2O3S. The maximum absolute atomic E-state index is 13.1. The lowest BCUT2D eigenvalue weighted by Gasteiger charge is -2.34. The zero-order valence-electron chi connectivity index (χ0n) is 16.6. The Labute approximate surface area is 177 Å². The fraction of sp³-hybridized carbons (Fsp3) is 0.292. The van der Waals surface area contributed by atoms with E-state index >= 15 is 0 Å². The molecule has 0 bridgehead atoms. The van der Waals surface area contributed by atoms with Gasteiger partial charge < -0.3 is 4.90 Å². The molecule has 2 aliphatic rings. The number of carbonyl (C=O) groups excluding carboxylic acids is 1. The van der Waals surface area contributed by atoms with Gasteiger partial charge in [0.15, 0.2) is 0 Å². The van der Waals surface area contributed by atoms with Crippen molar-refractivity contribution in [1.29, 1.82) is 0 Å². The van der Waals surface area contributed by atoms with Crippen LogP contribution in [0.2, 0.25) is 0 Å². The number of fused-ring (bicyclic) bond motifs is 1. The molecule has 2 unspecified atom stereocenters. The Hall–Kier alpha value is -2.70. The molecule has 0 N–H and O–H groups in total. The summed E-state index contributed by atoms with van der Waals surface area (Å²) < 4.78 is 27.7. The van der Waals surface area contributed by atoms with E-state index in [0.717, 1.165) is 17.2 Å². The van der Waals surface area contributed by atoms with E-state index in [1.54, 1.807) is 12.1 Å². The van der Waals surface area contributed by atoms with Crippen molar-refractivity contribution in [1.82, 2.24) is 9.21 Å². The van der Waals surface area contributed by atoms with E-state index in [0.29, 0.717) is 37.0 Å². The van der Waals surface area contributed by atoms with Crippen LogP contribution in [0.1, 0.15) is 17.9 Å². The fourth-order valence-corrected chi connectivity index (χ4v) is 5.85. The number of nitrogens with zero attached hydrogens (tertiary/aromatic N) is 2. The van der Waals surface area contributed by atoms with E-state index in [4.69, 9.17) is 0 Å². The van der Waals surface area contributed by atoms with Crippen LogP contribution in [-0.2, 0) is 14.8 Å². The topological polar surface area (TPSA) is 57.7 Å². The van der Waals surface area contributed by atoms with Crippen molar-refractivity contribution in [2.45, 2.75) is 17.2 Å². The molecule has 0 radical (unpaired) electrons. The van der Waals surface area contributed by atoms with Crippen molar-refractivity contribution in [2.24, 2.45) is 5.92 Å². The Morgan fingerprint density at radius 1 is 0.800 bits per heavy atom. The number of rotatable bonds is 4. The average molecular weight is 421 g/mol. The third-order valence-corrected chi connectivity index (χ3v) is 8.14. The van der Waals surface area contributed by atoms with Gasteiger partial charge in [0.1, 0.15) is 0 Å². The SMILES string of the molecule is O=C(C1CC1c1ccccc1)N1CCN(S(=O)(=O)c2ccc3ccccc3c2)CC1. The van der Waals surface area contributed by atoms with Gasteiger partial charge in [0.25, 0.3) is 0 Å². The van der Waals surface area contributed by atoms with E-state index in [2.05, 4.69) is 12.1 Å². The molecule has 1 aliphatic carbocycles. The van der Waals surface area contributed by atoms with Gasteiger partial charge in [0.05, 0.1) is 4.90 Å². The van der Waals surface area contributed by atoms with Gasteiger partial charge in [-0.3, -0.25) is 4.79 Å². The third kappa shape index (κ3) is 3.50. The summed E-state index contributed by atoms with van der Waals surface area (Å²) >= 11 is 0. The van der Waals surface area contributed by atoms with Crippen LogP contribution in [0.3, 0.4) is 0 Å². The maximum Gasteiger partial charge on any atom is 0.243 e. The largest absolute Gasteiger partial charge is 0.340 e. The van der Waals surface area contributed by atoms with Crippen molar-refractivity contribution in [3.05, 3.63) is 78.4 Å². The molecule has 30 heavy (non-hydrogen) atoms. The smallest absolute Gasteiger partial charge is 0.243 e. The minimum absolute atomic E-state index is 0.0380. The molecule has 1 saturated carbocycles. The molecule has 3 aromatic carbocycles. The van der Waals surface area contributed by atoms with Gasteiger partial charge in [0, 0.05) is 32.1 Å². The van der Waals surface area contributed by atoms with Crippen molar-refractivity contribution < 1.29 is 13.2 Å². The number of sulfonamides is 1. The number of piperazine rings is 1. The van der Waals surface area contributed by atoms with Crippen LogP contribution >= 0.6 is 0 Å². The first kappa shape index (κ1) is 19.3. The first-order chi connectivity index (χ1) is 14.5. The van der Waals surface area contributed by atoms with Gasteiger partial charge in [-0.25, -0.2) is 8.42 Å². The van der Waals surface area contributed by atoms with Crippen LogP contribution in [0.25, 0.3) is 10.8 Å². The molecule has 1 heterocycles. The van der Waals surface area contributed by atoms with Gasteiger partial charge in [-0.05, 0) is 40.8 Å². The average Bonchev–Trinajstić information content (AvgIpc) is 3.60. The number of hydrogen-bond donors (Lipinski definition) is 0. The number of amides is 1. The highest BCUT2D eigenvalue weighted by atomic mass is 32.2. The molecule has 1 saturated heterocycles. The van der Waals surface area contributed by atoms with Gasteiger partial charge >= 0.3 is 0 Å². The Kier molecular flexibility index (Phi) is 4.83. The molecular weight excluding hydrogens is 396 g/mol. The van der Waals surface area contributed by atoms with Crippen LogP contribution in [0, 0.1) is 5.92 Å². The third-order valence-electron chi connectivity index (χ3n) is 6.24. The number of benzene rings is 3. The van der Waals surface area contributed by atoms with E-state index in [9.17, 15) is 13.2 Å². The van der Waals surface area contributed by atoms with E-state index in [1.165, 1.54) is 9.87 Å². The molecule has 3 aromatic rings. The van der Waals surface area contributed by atoms with Crippen LogP contribution in [0.15, 0.2) is 77.7 Å². The summed E-state index contributed by atoms with van der Waals surface area (Å²) in [5.74, 6) is 0.501. The second-order valence-electron chi connectivity index (χ2n) is 8.10. The summed E-state index contributed by atoms with van der Waals surface area (Å²) in [7, 11) is -3.57. The summed E-state index contributed by atoms with van der Waals surface area (Å²) in [5.41, 5.74) is 1.22. The molecule has 0 aromatic heterocycles. The maximum atomic E-state index is 13.1. The van der Waals surface area contributed by atoms with Gasteiger partial charge in [0.2, 0.25) is 15.9 Å². The Morgan fingerprint density at radius 2 is 1.47 bits per heavy atom. The van der Waals surface area contributed by atoms with Crippen molar-refractivity contribution in [3.63, 3.8) is 0 Å². The standard InChI is InChI=1S/C24H24N2O3S/c27-24(23-17-22(23)19-7-2-1-3-8-19)25-12-14-26(15-13-25)30(28,29)21-11-10-18-6-4-5-9-20(18)16-21/h1-11,16,22-23H,12-15,17H2. The highest BCUT2D eigenvalue weighted by Crippen LogP contribution is 2.48. The summed E-state index contributed by atoms with van der Waals surface area (Å²) in [4.78, 5) is 15.0. The van der Waals surface area contributed by atoms with Crippen LogP contribution in [0.4, 0.5) is 0 Å². The molecule has 2 atom stereocenters. The quantitative estimate of drug-likeness (QED) is 0.649. The first-order valence-electron chi connectivity index (χ1n) is 10.4. The number of carbonyl (C=O) groups is 1. The van der Waals surface area contributed by atoms with E-state index in [1.807, 2.05) is 53.4 Å². The lowest BCUT2D eigenvalue weighted by molar-refractivity contribution is -0.133. The molecule has 1 amide bonds. The van der Waals surface area contributed by atoms with Gasteiger partial charge in [-0.15, -0.1) is 0 Å². The van der Waals surface area contributed by atoms with Gasteiger partial charge in [-0.2, -0.15) is 4.31 Å². The van der Waals surface area contributed by atoms with Crippen molar-refractivity contribution in [2.75, 3.05) is 26.2 Å². The van der Waals surface area contributed by atoms with Crippen molar-refractivity contribution in [3.8, 4) is 0 Å². The van der Waals surface area contributed by atoms with E-state index in [-0.39, 0.29) is 11.8 Å². The summed E-state index contributed by atoms with van der Waals surface area (Å²) in [6.07, 6.45) is 0.887. The monoisotopic (exact) mass is 420 g/mol. The predicted octanol–water partition coefficient (Wildman–Crippen LogP) is 3.48. The zero-order valence-corrected chi connectivity index (χ0v) is 17.5. The molecule has 5 rings (SSSR count). The second-order valence-corrected chi connectivity index (χ2v) is 10.0. The van der Waals surface area contributed by atoms with Gasteiger partial charge in [-0.1, -0.05) is 60.7 Å². The lowest BCUT2D eigenvalue weighted by atomic mass is 10.1. The minimum atomic E-state index is -3.57. The molecule has 1 aliphatic heterocycles. The minimum Gasteiger partial charge on any atom is -0.340 e. The summed E-state index contributed by atoms with van der Waals surface area (Å²) in [5, 5.41) is 1.93. The second kappa shape index (κ2) is 7.52. The van der Waals surface area contributed by atoms with Crippen LogP contribution in [-0.4, -0.2) is 49.7 Å². The molecule has 2 fully saturated rings. The summed E-state index contributed by atoms with van der Waals surface area (Å²) in [6, 6.07) is 23.1. The Balaban J connectivity index is 1.24.